The molecule has 0 radical (unpaired) electrons. The first-order valence-corrected chi connectivity index (χ1v) is 8.22. The van der Waals surface area contributed by atoms with Crippen molar-refractivity contribution < 1.29 is 14.7 Å². The molecule has 2 atom stereocenters. The summed E-state index contributed by atoms with van der Waals surface area (Å²) in [6.07, 6.45) is 5.80. The SMILES string of the molecule is CC(C)C(=O)N1CC(NCC2CCCC2)CC(C(=O)O)C1. The highest BCUT2D eigenvalue weighted by Crippen LogP contribution is 2.25. The average Bonchev–Trinajstić information content (AvgIpc) is 2.97. The zero-order valence-electron chi connectivity index (χ0n) is 13.2. The van der Waals surface area contributed by atoms with Crippen LogP contribution >= 0.6 is 0 Å². The number of hydrogen-bond donors (Lipinski definition) is 2. The maximum Gasteiger partial charge on any atom is 0.308 e. The van der Waals surface area contributed by atoms with Crippen LogP contribution in [0.4, 0.5) is 0 Å². The molecule has 21 heavy (non-hydrogen) atoms. The lowest BCUT2D eigenvalue weighted by molar-refractivity contribution is -0.147. The van der Waals surface area contributed by atoms with Gasteiger partial charge in [0.2, 0.25) is 5.91 Å². The molecular weight excluding hydrogens is 268 g/mol. The number of nitrogens with one attached hydrogen (secondary N) is 1. The number of nitrogens with zero attached hydrogens (tertiary/aromatic N) is 1. The second-order valence-corrected chi connectivity index (χ2v) is 6.92. The van der Waals surface area contributed by atoms with Crippen molar-refractivity contribution in [3.63, 3.8) is 0 Å². The van der Waals surface area contributed by atoms with E-state index in [1.165, 1.54) is 25.7 Å². The van der Waals surface area contributed by atoms with Crippen molar-refractivity contribution in [1.82, 2.24) is 10.2 Å². The molecule has 5 nitrogen and oxygen atoms in total. The van der Waals surface area contributed by atoms with Gasteiger partial charge in [-0.1, -0.05) is 26.7 Å². The number of carbonyl (C=O) groups excluding carboxylic acids is 1. The van der Waals surface area contributed by atoms with E-state index in [2.05, 4.69) is 5.32 Å². The van der Waals surface area contributed by atoms with Crippen molar-refractivity contribution in [2.24, 2.45) is 17.8 Å². The van der Waals surface area contributed by atoms with Crippen LogP contribution < -0.4 is 5.32 Å². The Hall–Kier alpha value is -1.10. The Morgan fingerprint density at radius 1 is 1.24 bits per heavy atom. The van der Waals surface area contributed by atoms with Crippen LogP contribution in [0.2, 0.25) is 0 Å². The minimum atomic E-state index is -0.788. The molecule has 1 heterocycles. The maximum atomic E-state index is 12.2. The lowest BCUT2D eigenvalue weighted by Gasteiger charge is -2.38. The minimum Gasteiger partial charge on any atom is -0.481 e. The summed E-state index contributed by atoms with van der Waals surface area (Å²) >= 11 is 0. The molecule has 2 unspecified atom stereocenters. The molecule has 2 aliphatic rings. The Morgan fingerprint density at radius 2 is 1.90 bits per heavy atom. The number of carboxylic acid groups (broad SMARTS) is 1. The van der Waals surface area contributed by atoms with Gasteiger partial charge in [-0.25, -0.2) is 0 Å². The van der Waals surface area contributed by atoms with E-state index in [0.29, 0.717) is 19.5 Å². The van der Waals surface area contributed by atoms with Gasteiger partial charge in [-0.3, -0.25) is 9.59 Å². The second-order valence-electron chi connectivity index (χ2n) is 6.92. The van der Waals surface area contributed by atoms with Crippen LogP contribution in [-0.4, -0.2) is 47.6 Å². The lowest BCUT2D eigenvalue weighted by Crippen LogP contribution is -2.54. The fourth-order valence-corrected chi connectivity index (χ4v) is 3.52. The molecule has 1 saturated carbocycles. The molecule has 0 spiro atoms. The van der Waals surface area contributed by atoms with Gasteiger partial charge < -0.3 is 15.3 Å². The van der Waals surface area contributed by atoms with Crippen LogP contribution in [-0.2, 0) is 9.59 Å². The van der Waals surface area contributed by atoms with Gasteiger partial charge in [-0.2, -0.15) is 0 Å². The largest absolute Gasteiger partial charge is 0.481 e. The van der Waals surface area contributed by atoms with Crippen LogP contribution in [0.15, 0.2) is 0 Å². The highest BCUT2D eigenvalue weighted by molar-refractivity contribution is 5.79. The lowest BCUT2D eigenvalue weighted by atomic mass is 9.93. The molecule has 120 valence electrons. The monoisotopic (exact) mass is 296 g/mol. The number of aliphatic carboxylic acids is 1. The Bertz CT molecular complexity index is 378. The summed E-state index contributed by atoms with van der Waals surface area (Å²) in [5.74, 6) is -0.516. The molecule has 0 aromatic carbocycles. The van der Waals surface area contributed by atoms with Gasteiger partial charge >= 0.3 is 5.97 Å². The number of amides is 1. The van der Waals surface area contributed by atoms with Crippen molar-refractivity contribution in [1.29, 1.82) is 0 Å². The molecule has 0 aromatic rings. The first-order valence-electron chi connectivity index (χ1n) is 8.22. The standard InChI is InChI=1S/C16H28N2O3/c1-11(2)15(19)18-9-13(16(20)21)7-14(10-18)17-8-12-5-3-4-6-12/h11-14,17H,3-10H2,1-2H3,(H,20,21). The Morgan fingerprint density at radius 3 is 2.48 bits per heavy atom. The molecule has 1 aliphatic carbocycles. The minimum absolute atomic E-state index is 0.0635. The number of hydrogen-bond acceptors (Lipinski definition) is 3. The summed E-state index contributed by atoms with van der Waals surface area (Å²) in [5, 5.41) is 12.8. The van der Waals surface area contributed by atoms with Crippen molar-refractivity contribution in [2.45, 2.75) is 52.0 Å². The van der Waals surface area contributed by atoms with Crippen molar-refractivity contribution >= 4 is 11.9 Å². The maximum absolute atomic E-state index is 12.2. The van der Waals surface area contributed by atoms with Gasteiger partial charge in [0.25, 0.3) is 0 Å². The molecule has 0 bridgehead atoms. The summed E-state index contributed by atoms with van der Waals surface area (Å²) in [5.41, 5.74) is 0. The molecule has 2 fully saturated rings. The second kappa shape index (κ2) is 7.25. The predicted molar refractivity (Wildman–Crippen MR) is 80.9 cm³/mol. The van der Waals surface area contributed by atoms with E-state index in [1.54, 1.807) is 4.90 Å². The number of likely N-dealkylation sites (tertiary alicyclic amines) is 1. The normalized spacial score (nSPS) is 27.3. The van der Waals surface area contributed by atoms with Gasteiger partial charge in [0.15, 0.2) is 0 Å². The molecule has 0 aromatic heterocycles. The fourth-order valence-electron chi connectivity index (χ4n) is 3.52. The van der Waals surface area contributed by atoms with E-state index < -0.39 is 11.9 Å². The van der Waals surface area contributed by atoms with E-state index in [0.717, 1.165) is 12.5 Å². The molecular formula is C16H28N2O3. The average molecular weight is 296 g/mol. The molecule has 5 heteroatoms. The summed E-state index contributed by atoms with van der Waals surface area (Å²) in [6, 6.07) is 0.114. The van der Waals surface area contributed by atoms with Crippen molar-refractivity contribution in [3.05, 3.63) is 0 Å². The quantitative estimate of drug-likeness (QED) is 0.810. The molecule has 2 rings (SSSR count). The number of piperidine rings is 1. The first kappa shape index (κ1) is 16.3. The topological polar surface area (TPSA) is 69.6 Å². The molecule has 1 amide bonds. The van der Waals surface area contributed by atoms with E-state index in [4.69, 9.17) is 0 Å². The van der Waals surface area contributed by atoms with Crippen LogP contribution in [0.3, 0.4) is 0 Å². The van der Waals surface area contributed by atoms with Crippen molar-refractivity contribution in [3.8, 4) is 0 Å². The fraction of sp³-hybridized carbons (Fsp3) is 0.875. The van der Waals surface area contributed by atoms with E-state index in [-0.39, 0.29) is 17.9 Å². The Kier molecular flexibility index (Phi) is 5.62. The highest BCUT2D eigenvalue weighted by Gasteiger charge is 2.34. The number of carboxylic acids is 1. The van der Waals surface area contributed by atoms with Gasteiger partial charge in [0.05, 0.1) is 5.92 Å². The van der Waals surface area contributed by atoms with Crippen molar-refractivity contribution in [2.75, 3.05) is 19.6 Å². The predicted octanol–water partition coefficient (Wildman–Crippen LogP) is 1.72. The van der Waals surface area contributed by atoms with Gasteiger partial charge in [0.1, 0.15) is 0 Å². The molecule has 2 N–H and O–H groups in total. The number of carbonyl (C=O) groups is 2. The van der Waals surface area contributed by atoms with Gasteiger partial charge in [-0.05, 0) is 31.7 Å². The van der Waals surface area contributed by atoms with Crippen LogP contribution in [0.5, 0.6) is 0 Å². The van der Waals surface area contributed by atoms with E-state index in [9.17, 15) is 14.7 Å². The third kappa shape index (κ3) is 4.43. The van der Waals surface area contributed by atoms with Crippen LogP contribution in [0, 0.1) is 17.8 Å². The van der Waals surface area contributed by atoms with Crippen LogP contribution in [0.25, 0.3) is 0 Å². The number of rotatable bonds is 5. The van der Waals surface area contributed by atoms with E-state index >= 15 is 0 Å². The van der Waals surface area contributed by atoms with Gasteiger partial charge in [-0.15, -0.1) is 0 Å². The molecule has 1 saturated heterocycles. The van der Waals surface area contributed by atoms with Gasteiger partial charge in [0, 0.05) is 25.0 Å². The summed E-state index contributed by atoms with van der Waals surface area (Å²) in [6.45, 7) is 5.70. The Balaban J connectivity index is 1.92. The zero-order chi connectivity index (χ0) is 15.4. The third-order valence-corrected chi connectivity index (χ3v) is 4.78. The Labute approximate surface area is 127 Å². The summed E-state index contributed by atoms with van der Waals surface area (Å²) in [4.78, 5) is 25.2. The highest BCUT2D eigenvalue weighted by atomic mass is 16.4. The summed E-state index contributed by atoms with van der Waals surface area (Å²) < 4.78 is 0. The summed E-state index contributed by atoms with van der Waals surface area (Å²) in [7, 11) is 0. The third-order valence-electron chi connectivity index (χ3n) is 4.78. The van der Waals surface area contributed by atoms with Crippen LogP contribution in [0.1, 0.15) is 46.0 Å². The molecule has 1 aliphatic heterocycles. The zero-order valence-corrected chi connectivity index (χ0v) is 13.2. The van der Waals surface area contributed by atoms with E-state index in [1.807, 2.05) is 13.8 Å². The smallest absolute Gasteiger partial charge is 0.308 e. The first-order chi connectivity index (χ1) is 9.97.